The van der Waals surface area contributed by atoms with Gasteiger partial charge in [0.25, 0.3) is 0 Å². The van der Waals surface area contributed by atoms with E-state index in [9.17, 15) is 4.79 Å². The van der Waals surface area contributed by atoms with Crippen molar-refractivity contribution in [2.24, 2.45) is 5.92 Å². The Labute approximate surface area is 298 Å². The molecule has 0 bridgehead atoms. The predicted octanol–water partition coefficient (Wildman–Crippen LogP) is 10.3. The Morgan fingerprint density at radius 2 is 1.33 bits per heavy atom. The third-order valence-electron chi connectivity index (χ3n) is 9.85. The van der Waals surface area contributed by atoms with Crippen LogP contribution in [0.2, 0.25) is 10.0 Å². The van der Waals surface area contributed by atoms with Crippen molar-refractivity contribution in [3.05, 3.63) is 154 Å². The zero-order valence-electron chi connectivity index (χ0n) is 27.7. The Balaban J connectivity index is 1.43. The van der Waals surface area contributed by atoms with E-state index in [0.717, 1.165) is 71.2 Å². The summed E-state index contributed by atoms with van der Waals surface area (Å²) in [6, 6.07) is 43.1. The third-order valence-corrected chi connectivity index (χ3v) is 10.5. The Bertz CT molecular complexity index is 1920. The molecule has 1 aromatic heterocycles. The molecule has 5 aromatic carbocycles. The van der Waals surface area contributed by atoms with Gasteiger partial charge in [-0.15, -0.1) is 0 Å². The number of piperidine rings is 1. The number of anilines is 1. The topological polar surface area (TPSA) is 50.2 Å². The van der Waals surface area contributed by atoms with E-state index in [2.05, 4.69) is 107 Å². The van der Waals surface area contributed by atoms with Crippen LogP contribution in [0.4, 0.5) is 5.82 Å². The number of likely N-dealkylation sites (tertiary alicyclic amines) is 1. The third kappa shape index (κ3) is 6.39. The van der Waals surface area contributed by atoms with Crippen molar-refractivity contribution in [2.75, 3.05) is 25.0 Å². The van der Waals surface area contributed by atoms with Gasteiger partial charge < -0.3 is 10.2 Å². The molecule has 2 heterocycles. The number of hydrogen-bond acceptors (Lipinski definition) is 3. The number of unbranched alkanes of at least 4 members (excludes halogenated alkanes) is 1. The molecule has 7 heteroatoms. The molecule has 248 valence electrons. The van der Waals surface area contributed by atoms with Crippen molar-refractivity contribution >= 4 is 45.8 Å². The minimum Gasteiger partial charge on any atom is -0.308 e. The van der Waals surface area contributed by atoms with Gasteiger partial charge in [-0.25, -0.2) is 4.68 Å². The van der Waals surface area contributed by atoms with E-state index in [-0.39, 0.29) is 11.8 Å². The normalized spacial score (nSPS) is 14.3. The molecule has 0 spiro atoms. The molecule has 1 N–H and O–H groups in total. The number of carbonyl (C=O) groups is 1. The minimum atomic E-state index is -0.862. The second-order valence-electron chi connectivity index (χ2n) is 12.9. The van der Waals surface area contributed by atoms with Gasteiger partial charge in [0.2, 0.25) is 5.91 Å². The van der Waals surface area contributed by atoms with Crippen LogP contribution in [-0.2, 0) is 10.3 Å². The number of hydrogen-bond donors (Lipinski definition) is 1. The van der Waals surface area contributed by atoms with E-state index < -0.39 is 5.54 Å². The molecule has 1 amide bonds. The van der Waals surface area contributed by atoms with E-state index in [1.54, 1.807) is 0 Å². The number of aromatic nitrogens is 2. The first kappa shape index (κ1) is 33.1. The number of halogens is 2. The maximum atomic E-state index is 14.0. The average molecular weight is 688 g/mol. The molecule has 0 aliphatic carbocycles. The summed E-state index contributed by atoms with van der Waals surface area (Å²) in [5.74, 6) is 0.444. The van der Waals surface area contributed by atoms with Gasteiger partial charge in [-0.2, -0.15) is 5.10 Å². The van der Waals surface area contributed by atoms with Crippen LogP contribution in [-0.4, -0.2) is 40.2 Å². The molecule has 0 unspecified atom stereocenters. The number of nitrogens with one attached hydrogen (secondary N) is 1. The van der Waals surface area contributed by atoms with Gasteiger partial charge in [0.05, 0.1) is 5.52 Å². The van der Waals surface area contributed by atoms with Crippen LogP contribution < -0.4 is 5.32 Å². The first-order valence-electron chi connectivity index (χ1n) is 17.2. The van der Waals surface area contributed by atoms with E-state index in [1.165, 1.54) is 12.8 Å². The van der Waals surface area contributed by atoms with Crippen LogP contribution >= 0.6 is 23.2 Å². The SMILES string of the molecule is CCCCN1CCC(C(=O)Nc2nn(C(c3ccccc3)(c3ccccc3)c3ccccc3)c3ccc(-c4c(Cl)cccc4Cl)cc23)CC1. The monoisotopic (exact) mass is 686 g/mol. The van der Waals surface area contributed by atoms with Crippen LogP contribution in [0.1, 0.15) is 49.3 Å². The highest BCUT2D eigenvalue weighted by Crippen LogP contribution is 2.45. The fourth-order valence-electron chi connectivity index (χ4n) is 7.32. The van der Waals surface area contributed by atoms with Crippen molar-refractivity contribution < 1.29 is 4.79 Å². The fourth-order valence-corrected chi connectivity index (χ4v) is 7.94. The van der Waals surface area contributed by atoms with Crippen LogP contribution in [0.5, 0.6) is 0 Å². The Kier molecular flexibility index (Phi) is 9.86. The number of rotatable bonds is 10. The summed E-state index contributed by atoms with van der Waals surface area (Å²) in [5, 5.41) is 10.6. The molecule has 49 heavy (non-hydrogen) atoms. The Hall–Kier alpha value is -4.42. The summed E-state index contributed by atoms with van der Waals surface area (Å²) < 4.78 is 2.09. The van der Waals surface area contributed by atoms with E-state index in [4.69, 9.17) is 28.3 Å². The van der Waals surface area contributed by atoms with Gasteiger partial charge in [0, 0.05) is 26.9 Å². The smallest absolute Gasteiger partial charge is 0.228 e. The van der Waals surface area contributed by atoms with Gasteiger partial charge in [-0.3, -0.25) is 4.79 Å². The van der Waals surface area contributed by atoms with Gasteiger partial charge in [0.1, 0.15) is 5.54 Å². The highest BCUT2D eigenvalue weighted by Gasteiger charge is 2.41. The van der Waals surface area contributed by atoms with Gasteiger partial charge in [-0.05, 0) is 85.4 Å². The lowest BCUT2D eigenvalue weighted by atomic mass is 9.77. The number of carbonyl (C=O) groups excluding carboxylic acids is 1. The predicted molar refractivity (Wildman–Crippen MR) is 202 cm³/mol. The second kappa shape index (κ2) is 14.6. The summed E-state index contributed by atoms with van der Waals surface area (Å²) in [7, 11) is 0. The van der Waals surface area contributed by atoms with Crippen molar-refractivity contribution in [2.45, 2.75) is 38.1 Å². The lowest BCUT2D eigenvalue weighted by molar-refractivity contribution is -0.121. The summed E-state index contributed by atoms with van der Waals surface area (Å²) in [5.41, 5.74) is 4.75. The van der Waals surface area contributed by atoms with Gasteiger partial charge in [-0.1, -0.05) is 140 Å². The molecule has 7 rings (SSSR count). The van der Waals surface area contributed by atoms with Crippen molar-refractivity contribution in [3.63, 3.8) is 0 Å². The molecule has 1 aliphatic rings. The van der Waals surface area contributed by atoms with Gasteiger partial charge >= 0.3 is 0 Å². The standard InChI is InChI=1S/C42H40Cl2N4O/c1-2-3-26-47-27-24-30(25-28-47)41(49)45-40-35-29-31(39-36(43)20-13-21-37(39)44)22-23-38(35)48(46-40)42(32-14-7-4-8-15-32,33-16-9-5-10-17-33)34-18-11-6-12-19-34/h4-23,29-30H,2-3,24-28H2,1H3,(H,45,46,49). The summed E-state index contributed by atoms with van der Waals surface area (Å²) in [4.78, 5) is 16.5. The average Bonchev–Trinajstić information content (AvgIpc) is 3.50. The zero-order chi connectivity index (χ0) is 33.8. The number of amides is 1. The van der Waals surface area contributed by atoms with Crippen molar-refractivity contribution in [3.8, 4) is 11.1 Å². The molecule has 0 atom stereocenters. The Morgan fingerprint density at radius 1 is 0.776 bits per heavy atom. The second-order valence-corrected chi connectivity index (χ2v) is 13.7. The number of fused-ring (bicyclic) bond motifs is 1. The molecule has 1 aliphatic heterocycles. The molecular formula is C42H40Cl2N4O. The van der Waals surface area contributed by atoms with Crippen molar-refractivity contribution in [1.82, 2.24) is 14.7 Å². The molecule has 5 nitrogen and oxygen atoms in total. The fraction of sp³-hybridized carbons (Fsp3) is 0.238. The lowest BCUT2D eigenvalue weighted by Gasteiger charge is -2.37. The first-order valence-corrected chi connectivity index (χ1v) is 17.9. The molecule has 1 fully saturated rings. The maximum Gasteiger partial charge on any atom is 0.228 e. The van der Waals surface area contributed by atoms with E-state index in [1.807, 2.05) is 42.5 Å². The van der Waals surface area contributed by atoms with Crippen LogP contribution in [0.15, 0.2) is 127 Å². The molecular weight excluding hydrogens is 647 g/mol. The molecule has 1 saturated heterocycles. The summed E-state index contributed by atoms with van der Waals surface area (Å²) in [6.07, 6.45) is 4.02. The highest BCUT2D eigenvalue weighted by molar-refractivity contribution is 6.39. The first-order chi connectivity index (χ1) is 24.0. The number of benzene rings is 5. The molecule has 6 aromatic rings. The van der Waals surface area contributed by atoms with E-state index >= 15 is 0 Å². The van der Waals surface area contributed by atoms with Crippen LogP contribution in [0, 0.1) is 5.92 Å². The molecule has 0 saturated carbocycles. The Morgan fingerprint density at radius 3 is 1.86 bits per heavy atom. The summed E-state index contributed by atoms with van der Waals surface area (Å²) >= 11 is 13.4. The molecule has 0 radical (unpaired) electrons. The van der Waals surface area contributed by atoms with Crippen LogP contribution in [0.3, 0.4) is 0 Å². The number of nitrogens with zero attached hydrogens (tertiary/aromatic N) is 3. The van der Waals surface area contributed by atoms with Gasteiger partial charge in [0.15, 0.2) is 5.82 Å². The van der Waals surface area contributed by atoms with Crippen molar-refractivity contribution in [1.29, 1.82) is 0 Å². The lowest BCUT2D eigenvalue weighted by Crippen LogP contribution is -2.39. The largest absolute Gasteiger partial charge is 0.308 e. The zero-order valence-corrected chi connectivity index (χ0v) is 29.2. The van der Waals surface area contributed by atoms with E-state index in [0.29, 0.717) is 15.9 Å². The quantitative estimate of drug-likeness (QED) is 0.146. The highest BCUT2D eigenvalue weighted by atomic mass is 35.5. The minimum absolute atomic E-state index is 0.00704. The van der Waals surface area contributed by atoms with Crippen LogP contribution in [0.25, 0.3) is 22.0 Å². The maximum absolute atomic E-state index is 14.0. The summed E-state index contributed by atoms with van der Waals surface area (Å²) in [6.45, 7) is 5.17.